The Morgan fingerprint density at radius 2 is 1.76 bits per heavy atom. The number of piperidine rings is 1. The van der Waals surface area contributed by atoms with Gasteiger partial charge < -0.3 is 9.88 Å². The molecule has 11 heteroatoms. The van der Waals surface area contributed by atoms with Crippen molar-refractivity contribution in [3.8, 4) is 11.3 Å². The van der Waals surface area contributed by atoms with Crippen molar-refractivity contribution in [3.05, 3.63) is 73.7 Å². The molecule has 0 atom stereocenters. The molecule has 42 heavy (non-hydrogen) atoms. The van der Waals surface area contributed by atoms with Crippen molar-refractivity contribution in [2.45, 2.75) is 65.5 Å². The van der Waals surface area contributed by atoms with Crippen molar-refractivity contribution in [1.29, 1.82) is 0 Å². The molecular formula is C31H38BrN7O3. The summed E-state index contributed by atoms with van der Waals surface area (Å²) in [6.45, 7) is 8.32. The third-order valence-electron chi connectivity index (χ3n) is 7.83. The molecule has 0 aliphatic carbocycles. The number of carbonyl (C=O) groups excluding carboxylic acids is 1. The molecule has 0 radical (unpaired) electrons. The lowest BCUT2D eigenvalue weighted by molar-refractivity contribution is 0.0981. The molecule has 0 spiro atoms. The average molecular weight is 637 g/mol. The topological polar surface area (TPSA) is 109 Å². The number of carbonyl (C=O) groups is 1. The van der Waals surface area contributed by atoms with E-state index in [0.717, 1.165) is 44.5 Å². The lowest BCUT2D eigenvalue weighted by Gasteiger charge is -2.29. The van der Waals surface area contributed by atoms with E-state index in [1.165, 1.54) is 23.8 Å². The van der Waals surface area contributed by atoms with E-state index in [-0.39, 0.29) is 17.2 Å². The highest BCUT2D eigenvalue weighted by Crippen LogP contribution is 2.25. The van der Waals surface area contributed by atoms with Crippen LogP contribution in [0.3, 0.4) is 0 Å². The van der Waals surface area contributed by atoms with E-state index in [1.54, 1.807) is 34.0 Å². The number of halogens is 1. The molecule has 4 aromatic heterocycles. The number of likely N-dealkylation sites (tertiary alicyclic amines) is 1. The van der Waals surface area contributed by atoms with Gasteiger partial charge in [0.1, 0.15) is 15.9 Å². The summed E-state index contributed by atoms with van der Waals surface area (Å²) in [5.41, 5.74) is 2.39. The summed E-state index contributed by atoms with van der Waals surface area (Å²) in [5.74, 6) is 0.388. The fraction of sp³-hybridized carbons (Fsp3) is 0.452. The smallest absolute Gasteiger partial charge is 0.331 e. The van der Waals surface area contributed by atoms with Crippen LogP contribution in [-0.4, -0.2) is 61.1 Å². The quantitative estimate of drug-likeness (QED) is 0.231. The second-order valence-electron chi connectivity index (χ2n) is 10.8. The van der Waals surface area contributed by atoms with E-state index >= 15 is 0 Å². The number of anilines is 1. The van der Waals surface area contributed by atoms with E-state index in [1.807, 2.05) is 32.0 Å². The molecule has 0 saturated carbocycles. The van der Waals surface area contributed by atoms with Crippen LogP contribution in [0.2, 0.25) is 0 Å². The molecule has 1 saturated heterocycles. The Morgan fingerprint density at radius 1 is 0.952 bits per heavy atom. The number of aromatic amines is 1. The van der Waals surface area contributed by atoms with Crippen LogP contribution in [0.15, 0.2) is 56.9 Å². The summed E-state index contributed by atoms with van der Waals surface area (Å²) >= 11 is 3.34. The molecule has 10 nitrogen and oxygen atoms in total. The molecular weight excluding hydrogens is 598 g/mol. The molecule has 1 N–H and O–H groups in total. The Kier molecular flexibility index (Phi) is 9.69. The minimum atomic E-state index is -0.302. The van der Waals surface area contributed by atoms with Gasteiger partial charge in [-0.2, -0.15) is 0 Å². The van der Waals surface area contributed by atoms with Gasteiger partial charge in [-0.25, -0.2) is 14.8 Å². The summed E-state index contributed by atoms with van der Waals surface area (Å²) in [4.78, 5) is 56.4. The van der Waals surface area contributed by atoms with E-state index in [9.17, 15) is 14.4 Å². The third kappa shape index (κ3) is 6.42. The zero-order valence-corrected chi connectivity index (χ0v) is 25.9. The van der Waals surface area contributed by atoms with Crippen LogP contribution in [0.1, 0.15) is 62.7 Å². The first kappa shape index (κ1) is 29.9. The molecule has 1 amide bonds. The average Bonchev–Trinajstić information content (AvgIpc) is 3.46. The minimum Gasteiger partial charge on any atom is -0.349 e. The minimum absolute atomic E-state index is 0.158. The predicted octanol–water partition coefficient (Wildman–Crippen LogP) is 5.05. The van der Waals surface area contributed by atoms with Gasteiger partial charge in [-0.3, -0.25) is 23.6 Å². The number of hydrogen-bond acceptors (Lipinski definition) is 6. The maximum absolute atomic E-state index is 13.6. The van der Waals surface area contributed by atoms with Crippen molar-refractivity contribution in [1.82, 2.24) is 29.0 Å². The normalized spacial score (nSPS) is 14.0. The summed E-state index contributed by atoms with van der Waals surface area (Å²) in [6, 6.07) is 9.10. The number of fused-ring (bicyclic) bond motifs is 1. The van der Waals surface area contributed by atoms with Gasteiger partial charge in [0.05, 0.1) is 11.1 Å². The number of aryl methyl sites for hydroxylation is 1. The van der Waals surface area contributed by atoms with Gasteiger partial charge in [-0.05, 0) is 85.0 Å². The fourth-order valence-electron chi connectivity index (χ4n) is 5.51. The summed E-state index contributed by atoms with van der Waals surface area (Å²) in [5, 5.41) is 0. The van der Waals surface area contributed by atoms with Crippen molar-refractivity contribution >= 4 is 38.7 Å². The van der Waals surface area contributed by atoms with E-state index in [2.05, 4.69) is 30.8 Å². The van der Waals surface area contributed by atoms with Crippen LogP contribution in [-0.2, 0) is 13.1 Å². The molecule has 1 aliphatic rings. The number of nitrogens with one attached hydrogen (secondary N) is 1. The number of amides is 1. The van der Waals surface area contributed by atoms with Crippen LogP contribution < -0.4 is 16.1 Å². The molecule has 1 fully saturated rings. The van der Waals surface area contributed by atoms with Crippen LogP contribution in [0.25, 0.3) is 22.3 Å². The number of unbranched alkanes of at least 4 members (excludes halogenated alkanes) is 1. The maximum atomic E-state index is 13.6. The number of rotatable bonds is 11. The van der Waals surface area contributed by atoms with Gasteiger partial charge in [0.15, 0.2) is 0 Å². The largest absolute Gasteiger partial charge is 0.349 e. The molecule has 222 valence electrons. The number of hydrogen-bond donors (Lipinski definition) is 1. The Hall–Kier alpha value is -3.57. The summed E-state index contributed by atoms with van der Waals surface area (Å²) in [7, 11) is 0. The summed E-state index contributed by atoms with van der Waals surface area (Å²) < 4.78 is 3.69. The van der Waals surface area contributed by atoms with Gasteiger partial charge in [-0.15, -0.1) is 0 Å². The Morgan fingerprint density at radius 3 is 2.43 bits per heavy atom. The lowest BCUT2D eigenvalue weighted by Crippen LogP contribution is -2.41. The Balaban J connectivity index is 1.47. The molecule has 5 heterocycles. The van der Waals surface area contributed by atoms with Crippen LogP contribution in [0, 0.1) is 0 Å². The van der Waals surface area contributed by atoms with E-state index in [0.29, 0.717) is 52.3 Å². The second-order valence-corrected chi connectivity index (χ2v) is 11.6. The van der Waals surface area contributed by atoms with Crippen molar-refractivity contribution in [2.75, 3.05) is 31.1 Å². The first-order valence-corrected chi connectivity index (χ1v) is 15.7. The fourth-order valence-corrected chi connectivity index (χ4v) is 5.74. The highest BCUT2D eigenvalue weighted by molar-refractivity contribution is 9.10. The number of pyridine rings is 2. The Bertz CT molecular complexity index is 1630. The predicted molar refractivity (Wildman–Crippen MR) is 169 cm³/mol. The van der Waals surface area contributed by atoms with Crippen molar-refractivity contribution in [3.63, 3.8) is 0 Å². The number of H-pyrrole nitrogens is 1. The Labute approximate surface area is 253 Å². The molecule has 0 aromatic carbocycles. The highest BCUT2D eigenvalue weighted by Gasteiger charge is 2.22. The van der Waals surface area contributed by atoms with Crippen molar-refractivity contribution < 1.29 is 4.79 Å². The molecule has 0 unspecified atom stereocenters. The van der Waals surface area contributed by atoms with Gasteiger partial charge in [0, 0.05) is 49.8 Å². The molecule has 5 rings (SSSR count). The first-order chi connectivity index (χ1) is 20.4. The van der Waals surface area contributed by atoms with Crippen molar-refractivity contribution in [2.24, 2.45) is 0 Å². The first-order valence-electron chi connectivity index (χ1n) is 14.9. The lowest BCUT2D eigenvalue weighted by atomic mass is 10.1. The number of nitrogens with zero attached hydrogens (tertiary/aromatic N) is 6. The molecule has 1 aliphatic heterocycles. The van der Waals surface area contributed by atoms with E-state index < -0.39 is 0 Å². The van der Waals surface area contributed by atoms with Gasteiger partial charge in [-0.1, -0.05) is 26.7 Å². The zero-order valence-electron chi connectivity index (χ0n) is 24.3. The maximum Gasteiger partial charge on any atom is 0.331 e. The highest BCUT2D eigenvalue weighted by atomic mass is 79.9. The van der Waals surface area contributed by atoms with Gasteiger partial charge in [0.25, 0.3) is 11.5 Å². The van der Waals surface area contributed by atoms with Gasteiger partial charge >= 0.3 is 5.69 Å². The SMILES string of the molecule is CCCCn1c(=O)c2[nH]c(-c3ccc(N(CCN4CCCCC4)C(=O)c4ccc(Br)nc4)nc3)cc2n(CCC)c1=O. The van der Waals surface area contributed by atoms with Crippen LogP contribution in [0.4, 0.5) is 5.82 Å². The third-order valence-corrected chi connectivity index (χ3v) is 8.30. The monoisotopic (exact) mass is 635 g/mol. The second kappa shape index (κ2) is 13.6. The molecule has 4 aromatic rings. The zero-order chi connectivity index (χ0) is 29.6. The number of aromatic nitrogens is 5. The van der Waals surface area contributed by atoms with E-state index in [4.69, 9.17) is 4.98 Å². The van der Waals surface area contributed by atoms with Crippen LogP contribution in [0.5, 0.6) is 0 Å². The van der Waals surface area contributed by atoms with Gasteiger partial charge in [0.2, 0.25) is 0 Å². The standard InChI is InChI=1S/C31H38BrN7O3/c1-3-5-16-39-30(41)28-25(37(13-4-2)31(39)42)19-24(35-28)22-10-12-27(34-20-22)38(18-17-36-14-7-6-8-15-36)29(40)23-9-11-26(32)33-21-23/h9-12,19-21,35H,3-8,13-18H2,1-2H3. The summed E-state index contributed by atoms with van der Waals surface area (Å²) in [6.07, 6.45) is 9.31. The van der Waals surface area contributed by atoms with Crippen LogP contribution >= 0.6 is 15.9 Å². The molecule has 0 bridgehead atoms.